The minimum atomic E-state index is 0.747. The highest BCUT2D eigenvalue weighted by molar-refractivity contribution is 7.14. The molecule has 20 heavy (non-hydrogen) atoms. The zero-order chi connectivity index (χ0) is 13.6. The first kappa shape index (κ1) is 12.4. The molecule has 0 aliphatic carbocycles. The Hall–Kier alpha value is -2.60. The van der Waals surface area contributed by atoms with E-state index in [1.165, 1.54) is 11.3 Å². The molecule has 0 saturated carbocycles. The van der Waals surface area contributed by atoms with E-state index < -0.39 is 0 Å². The van der Waals surface area contributed by atoms with Gasteiger partial charge in [-0.3, -0.25) is 15.4 Å². The Morgan fingerprint density at radius 3 is 2.80 bits per heavy atom. The van der Waals surface area contributed by atoms with Crippen molar-refractivity contribution in [2.24, 2.45) is 5.10 Å². The van der Waals surface area contributed by atoms with Crippen LogP contribution in [0, 0.1) is 0 Å². The number of nitrogens with one attached hydrogen (secondary N) is 1. The van der Waals surface area contributed by atoms with Crippen molar-refractivity contribution < 1.29 is 0 Å². The first-order chi connectivity index (χ1) is 9.92. The van der Waals surface area contributed by atoms with Gasteiger partial charge in [0.15, 0.2) is 0 Å². The molecule has 0 amide bonds. The summed E-state index contributed by atoms with van der Waals surface area (Å²) in [5.41, 5.74) is 5.81. The van der Waals surface area contributed by atoms with Crippen molar-refractivity contribution in [1.29, 1.82) is 0 Å². The topological polar surface area (TPSA) is 63.1 Å². The van der Waals surface area contributed by atoms with E-state index in [0.29, 0.717) is 0 Å². The third-order valence-corrected chi connectivity index (χ3v) is 3.29. The van der Waals surface area contributed by atoms with Crippen molar-refractivity contribution in [2.45, 2.75) is 0 Å². The molecule has 0 bridgehead atoms. The number of pyridine rings is 2. The van der Waals surface area contributed by atoms with Crippen molar-refractivity contribution >= 4 is 22.7 Å². The molecule has 3 aromatic heterocycles. The summed E-state index contributed by atoms with van der Waals surface area (Å²) < 4.78 is 0. The predicted octanol–water partition coefficient (Wildman–Crippen LogP) is 3.05. The molecule has 0 aliphatic heterocycles. The van der Waals surface area contributed by atoms with Gasteiger partial charge in [0.2, 0.25) is 5.13 Å². The molecule has 6 heteroatoms. The Kier molecular flexibility index (Phi) is 3.75. The maximum atomic E-state index is 4.46. The van der Waals surface area contributed by atoms with Gasteiger partial charge in [-0.1, -0.05) is 6.07 Å². The standard InChI is InChI=1S/C14H11N5S/c1-2-11(8-16-5-1)9-17-19-14-18-13(10-20-14)12-3-6-15-7-4-12/h1-10H,(H,18,19). The normalized spacial score (nSPS) is 10.8. The van der Waals surface area contributed by atoms with Crippen LogP contribution < -0.4 is 5.43 Å². The molecule has 0 spiro atoms. The first-order valence-corrected chi connectivity index (χ1v) is 6.85. The average Bonchev–Trinajstić information content (AvgIpc) is 2.98. The Labute approximate surface area is 120 Å². The summed E-state index contributed by atoms with van der Waals surface area (Å²) >= 11 is 1.51. The second kappa shape index (κ2) is 6.03. The van der Waals surface area contributed by atoms with Gasteiger partial charge in [0.1, 0.15) is 0 Å². The van der Waals surface area contributed by atoms with Gasteiger partial charge in [0.05, 0.1) is 11.9 Å². The molecule has 0 saturated heterocycles. The Morgan fingerprint density at radius 1 is 1.10 bits per heavy atom. The second-order valence-electron chi connectivity index (χ2n) is 3.93. The lowest BCUT2D eigenvalue weighted by atomic mass is 10.2. The number of hydrogen-bond donors (Lipinski definition) is 1. The lowest BCUT2D eigenvalue weighted by molar-refractivity contribution is 1.27. The second-order valence-corrected chi connectivity index (χ2v) is 4.79. The van der Waals surface area contributed by atoms with Gasteiger partial charge in [-0.15, -0.1) is 11.3 Å². The molecule has 0 unspecified atom stereocenters. The van der Waals surface area contributed by atoms with Gasteiger partial charge in [-0.05, 0) is 18.2 Å². The summed E-state index contributed by atoms with van der Waals surface area (Å²) in [5.74, 6) is 0. The summed E-state index contributed by atoms with van der Waals surface area (Å²) in [5, 5.41) is 6.87. The van der Waals surface area contributed by atoms with Crippen molar-refractivity contribution in [3.63, 3.8) is 0 Å². The first-order valence-electron chi connectivity index (χ1n) is 5.97. The molecule has 0 atom stereocenters. The van der Waals surface area contributed by atoms with Crippen molar-refractivity contribution in [1.82, 2.24) is 15.0 Å². The Morgan fingerprint density at radius 2 is 2.00 bits per heavy atom. The highest BCUT2D eigenvalue weighted by atomic mass is 32.1. The lowest BCUT2D eigenvalue weighted by Gasteiger charge is -1.95. The van der Waals surface area contributed by atoms with E-state index in [1.807, 2.05) is 29.6 Å². The zero-order valence-electron chi connectivity index (χ0n) is 10.5. The molecule has 0 aromatic carbocycles. The number of rotatable bonds is 4. The van der Waals surface area contributed by atoms with Crippen LogP contribution in [-0.2, 0) is 0 Å². The van der Waals surface area contributed by atoms with E-state index in [4.69, 9.17) is 0 Å². The third kappa shape index (κ3) is 3.04. The van der Waals surface area contributed by atoms with Crippen molar-refractivity contribution in [3.8, 4) is 11.3 Å². The van der Waals surface area contributed by atoms with E-state index in [9.17, 15) is 0 Å². The van der Waals surface area contributed by atoms with Gasteiger partial charge in [0.25, 0.3) is 0 Å². The van der Waals surface area contributed by atoms with Gasteiger partial charge < -0.3 is 0 Å². The van der Waals surface area contributed by atoms with Gasteiger partial charge >= 0.3 is 0 Å². The highest BCUT2D eigenvalue weighted by Gasteiger charge is 2.02. The number of hydrazone groups is 1. The fraction of sp³-hybridized carbons (Fsp3) is 0. The molecule has 0 radical (unpaired) electrons. The Bertz CT molecular complexity index is 694. The number of thiazole rings is 1. The summed E-state index contributed by atoms with van der Waals surface area (Å²) in [6, 6.07) is 7.66. The molecule has 3 heterocycles. The molecule has 98 valence electrons. The van der Waals surface area contributed by atoms with Crippen molar-refractivity contribution in [3.05, 3.63) is 60.0 Å². The SMILES string of the molecule is C(=NNc1nc(-c2ccncc2)cs1)c1cccnc1. The molecule has 3 rings (SSSR count). The van der Waals surface area contributed by atoms with Crippen LogP contribution in [0.5, 0.6) is 0 Å². The lowest BCUT2D eigenvalue weighted by Crippen LogP contribution is -1.90. The number of anilines is 1. The van der Waals surface area contributed by atoms with Crippen LogP contribution in [0.3, 0.4) is 0 Å². The summed E-state index contributed by atoms with van der Waals surface area (Å²) in [4.78, 5) is 12.5. The third-order valence-electron chi connectivity index (χ3n) is 2.54. The van der Waals surface area contributed by atoms with Crippen LogP contribution in [0.15, 0.2) is 59.5 Å². The largest absolute Gasteiger partial charge is 0.265 e. The average molecular weight is 281 g/mol. The van der Waals surface area contributed by atoms with E-state index in [2.05, 4.69) is 25.5 Å². The Balaban J connectivity index is 1.68. The van der Waals surface area contributed by atoms with Crippen LogP contribution in [-0.4, -0.2) is 21.2 Å². The van der Waals surface area contributed by atoms with Crippen LogP contribution in [0.25, 0.3) is 11.3 Å². The molecular weight excluding hydrogens is 270 g/mol. The maximum Gasteiger partial charge on any atom is 0.203 e. The zero-order valence-corrected chi connectivity index (χ0v) is 11.3. The maximum absolute atomic E-state index is 4.46. The molecule has 1 N–H and O–H groups in total. The van der Waals surface area contributed by atoms with Crippen LogP contribution >= 0.6 is 11.3 Å². The molecule has 0 aliphatic rings. The van der Waals surface area contributed by atoms with Gasteiger partial charge in [-0.2, -0.15) is 5.10 Å². The molecular formula is C14H11N5S. The minimum absolute atomic E-state index is 0.747. The highest BCUT2D eigenvalue weighted by Crippen LogP contribution is 2.24. The summed E-state index contributed by atoms with van der Waals surface area (Å²) in [7, 11) is 0. The molecule has 5 nitrogen and oxygen atoms in total. The van der Waals surface area contributed by atoms with Crippen LogP contribution in [0.4, 0.5) is 5.13 Å². The van der Waals surface area contributed by atoms with E-state index in [1.54, 1.807) is 31.0 Å². The summed E-state index contributed by atoms with van der Waals surface area (Å²) in [6.45, 7) is 0. The molecule has 3 aromatic rings. The van der Waals surface area contributed by atoms with E-state index in [-0.39, 0.29) is 0 Å². The van der Waals surface area contributed by atoms with E-state index >= 15 is 0 Å². The fourth-order valence-electron chi connectivity index (χ4n) is 1.59. The van der Waals surface area contributed by atoms with E-state index in [0.717, 1.165) is 22.0 Å². The van der Waals surface area contributed by atoms with Crippen molar-refractivity contribution in [2.75, 3.05) is 5.43 Å². The smallest absolute Gasteiger partial charge is 0.203 e. The summed E-state index contributed by atoms with van der Waals surface area (Å²) in [6.07, 6.45) is 8.69. The van der Waals surface area contributed by atoms with Gasteiger partial charge in [-0.25, -0.2) is 4.98 Å². The fourth-order valence-corrected chi connectivity index (χ4v) is 2.26. The monoisotopic (exact) mass is 281 g/mol. The number of hydrogen-bond acceptors (Lipinski definition) is 6. The number of aromatic nitrogens is 3. The predicted molar refractivity (Wildman–Crippen MR) is 80.8 cm³/mol. The van der Waals surface area contributed by atoms with Crippen LogP contribution in [0.2, 0.25) is 0 Å². The minimum Gasteiger partial charge on any atom is -0.265 e. The quantitative estimate of drug-likeness (QED) is 0.589. The van der Waals surface area contributed by atoms with Gasteiger partial charge in [0, 0.05) is 41.3 Å². The number of nitrogens with zero attached hydrogens (tertiary/aromatic N) is 4. The molecule has 0 fully saturated rings. The van der Waals surface area contributed by atoms with Crippen LogP contribution in [0.1, 0.15) is 5.56 Å².